The first-order chi connectivity index (χ1) is 13.3. The average Bonchev–Trinajstić information content (AvgIpc) is 2.68. The Morgan fingerprint density at radius 3 is 2.46 bits per heavy atom. The molecule has 0 atom stereocenters. The average molecular weight is 388 g/mol. The van der Waals surface area contributed by atoms with E-state index in [1.807, 2.05) is 0 Å². The molecule has 0 unspecified atom stereocenters. The fourth-order valence-electron chi connectivity index (χ4n) is 2.27. The Labute approximate surface area is 161 Å². The first-order valence-corrected chi connectivity index (χ1v) is 8.29. The van der Waals surface area contributed by atoms with Crippen molar-refractivity contribution in [3.63, 3.8) is 0 Å². The molecule has 5 nitrogen and oxygen atoms in total. The summed E-state index contributed by atoms with van der Waals surface area (Å²) in [5.41, 5.74) is 1.17. The first kappa shape index (κ1) is 20.8. The second kappa shape index (κ2) is 9.46. The lowest BCUT2D eigenvalue weighted by atomic mass is 10.1. The molecule has 2 aromatic rings. The summed E-state index contributed by atoms with van der Waals surface area (Å²) in [7, 11) is 1.52. The van der Waals surface area contributed by atoms with Crippen LogP contribution in [0.4, 0.5) is 18.9 Å². The molecule has 0 saturated heterocycles. The van der Waals surface area contributed by atoms with E-state index in [4.69, 9.17) is 6.42 Å². The number of halogens is 3. The van der Waals surface area contributed by atoms with Crippen LogP contribution in [0.5, 0.6) is 0 Å². The van der Waals surface area contributed by atoms with Gasteiger partial charge in [-0.1, -0.05) is 24.1 Å². The van der Waals surface area contributed by atoms with Crippen molar-refractivity contribution in [2.24, 2.45) is 4.99 Å². The summed E-state index contributed by atoms with van der Waals surface area (Å²) in [6.45, 7) is 0.205. The van der Waals surface area contributed by atoms with Gasteiger partial charge in [0.1, 0.15) is 0 Å². The highest BCUT2D eigenvalue weighted by Gasteiger charge is 2.29. The first-order valence-electron chi connectivity index (χ1n) is 8.29. The third-order valence-electron chi connectivity index (χ3n) is 3.69. The molecule has 0 bridgehead atoms. The van der Waals surface area contributed by atoms with E-state index in [9.17, 15) is 18.0 Å². The maximum atomic E-state index is 12.6. The maximum absolute atomic E-state index is 12.6. The van der Waals surface area contributed by atoms with Gasteiger partial charge in [0, 0.05) is 24.8 Å². The lowest BCUT2D eigenvalue weighted by Gasteiger charge is -2.13. The molecular weight excluding hydrogens is 369 g/mol. The molecular formula is C20H19F3N4O. The van der Waals surface area contributed by atoms with Gasteiger partial charge in [-0.25, -0.2) is 0 Å². The number of nitrogens with one attached hydrogen (secondary N) is 3. The number of aliphatic imine (C=N–C) groups is 1. The highest BCUT2D eigenvalue weighted by atomic mass is 19.4. The summed E-state index contributed by atoms with van der Waals surface area (Å²) in [6, 6.07) is 11.7. The molecule has 0 aliphatic rings. The van der Waals surface area contributed by atoms with Gasteiger partial charge in [-0.05, 0) is 35.9 Å². The molecule has 0 aromatic heterocycles. The van der Waals surface area contributed by atoms with Crippen LogP contribution in [0.25, 0.3) is 0 Å². The summed E-state index contributed by atoms with van der Waals surface area (Å²) in [5, 5.41) is 8.47. The lowest BCUT2D eigenvalue weighted by Crippen LogP contribution is -2.41. The molecule has 0 heterocycles. The number of amides is 1. The fraction of sp³-hybridized carbons (Fsp3) is 0.200. The van der Waals surface area contributed by atoms with Crippen molar-refractivity contribution in [3.05, 3.63) is 65.2 Å². The van der Waals surface area contributed by atoms with Gasteiger partial charge >= 0.3 is 6.18 Å². The molecule has 1 amide bonds. The number of alkyl halides is 3. The summed E-state index contributed by atoms with van der Waals surface area (Å²) in [6.07, 6.45) is 0.958. The minimum absolute atomic E-state index is 0.0486. The fourth-order valence-corrected chi connectivity index (χ4v) is 2.27. The molecule has 0 spiro atoms. The third kappa shape index (κ3) is 6.36. The minimum Gasteiger partial charge on any atom is -0.352 e. The van der Waals surface area contributed by atoms with Gasteiger partial charge in [0.05, 0.1) is 12.1 Å². The van der Waals surface area contributed by atoms with Crippen LogP contribution in [-0.2, 0) is 17.5 Å². The number of carbonyl (C=O) groups is 1. The normalized spacial score (nSPS) is 11.5. The van der Waals surface area contributed by atoms with Crippen LogP contribution in [0, 0.1) is 12.3 Å². The quantitative estimate of drug-likeness (QED) is 0.419. The van der Waals surface area contributed by atoms with Crippen LogP contribution in [0.2, 0.25) is 0 Å². The monoisotopic (exact) mass is 388 g/mol. The number of benzene rings is 2. The SMILES string of the molecule is C#Cc1cccc(NC(=O)CNC(=NC)NCc2ccc(C(F)(F)F)cc2)c1. The van der Waals surface area contributed by atoms with E-state index >= 15 is 0 Å². The smallest absolute Gasteiger partial charge is 0.352 e. The summed E-state index contributed by atoms with van der Waals surface area (Å²) < 4.78 is 37.7. The Balaban J connectivity index is 1.82. The molecule has 2 aromatic carbocycles. The molecule has 0 aliphatic carbocycles. The van der Waals surface area contributed by atoms with Gasteiger partial charge in [0.15, 0.2) is 5.96 Å². The minimum atomic E-state index is -4.36. The zero-order chi connectivity index (χ0) is 20.6. The van der Waals surface area contributed by atoms with Crippen LogP contribution < -0.4 is 16.0 Å². The Bertz CT molecular complexity index is 884. The predicted octanol–water partition coefficient (Wildman–Crippen LogP) is 2.99. The van der Waals surface area contributed by atoms with Crippen LogP contribution in [0.15, 0.2) is 53.5 Å². The van der Waals surface area contributed by atoms with Crippen molar-refractivity contribution in [1.29, 1.82) is 0 Å². The van der Waals surface area contributed by atoms with Crippen molar-refractivity contribution in [3.8, 4) is 12.3 Å². The van der Waals surface area contributed by atoms with Gasteiger partial charge in [-0.3, -0.25) is 9.79 Å². The van der Waals surface area contributed by atoms with Gasteiger partial charge in [0.2, 0.25) is 5.91 Å². The van der Waals surface area contributed by atoms with Crippen LogP contribution in [0.3, 0.4) is 0 Å². The van der Waals surface area contributed by atoms with E-state index < -0.39 is 11.7 Å². The molecule has 8 heteroatoms. The number of anilines is 1. The second-order valence-electron chi connectivity index (χ2n) is 5.75. The molecule has 146 valence electrons. The molecule has 3 N–H and O–H groups in total. The van der Waals surface area contributed by atoms with Gasteiger partial charge in [-0.2, -0.15) is 13.2 Å². The molecule has 0 saturated carbocycles. The number of guanidine groups is 1. The zero-order valence-electron chi connectivity index (χ0n) is 15.1. The number of hydrogen-bond donors (Lipinski definition) is 3. The van der Waals surface area contributed by atoms with Crippen molar-refractivity contribution < 1.29 is 18.0 Å². The number of terminal acetylenes is 1. The highest BCUT2D eigenvalue weighted by Crippen LogP contribution is 2.29. The Hall–Kier alpha value is -3.47. The van der Waals surface area contributed by atoms with Gasteiger partial charge < -0.3 is 16.0 Å². The van der Waals surface area contributed by atoms with Gasteiger partial charge in [-0.15, -0.1) is 6.42 Å². The van der Waals surface area contributed by atoms with Crippen molar-refractivity contribution in [1.82, 2.24) is 10.6 Å². The number of carbonyl (C=O) groups excluding carboxylic acids is 1. The Kier molecular flexibility index (Phi) is 7.04. The van der Waals surface area contributed by atoms with Crippen LogP contribution in [0.1, 0.15) is 16.7 Å². The van der Waals surface area contributed by atoms with E-state index in [1.165, 1.54) is 19.2 Å². The van der Waals surface area contributed by atoms with Crippen LogP contribution in [-0.4, -0.2) is 25.5 Å². The topological polar surface area (TPSA) is 65.5 Å². The van der Waals surface area contributed by atoms with E-state index in [2.05, 4.69) is 26.9 Å². The lowest BCUT2D eigenvalue weighted by molar-refractivity contribution is -0.137. The number of nitrogens with zero attached hydrogens (tertiary/aromatic N) is 1. The van der Waals surface area contributed by atoms with Gasteiger partial charge in [0.25, 0.3) is 0 Å². The van der Waals surface area contributed by atoms with Crippen molar-refractivity contribution >= 4 is 17.6 Å². The highest BCUT2D eigenvalue weighted by molar-refractivity contribution is 5.95. The van der Waals surface area contributed by atoms with E-state index in [-0.39, 0.29) is 19.0 Å². The van der Waals surface area contributed by atoms with Crippen molar-refractivity contribution in [2.75, 3.05) is 18.9 Å². The number of hydrogen-bond acceptors (Lipinski definition) is 2. The Morgan fingerprint density at radius 1 is 1.14 bits per heavy atom. The Morgan fingerprint density at radius 2 is 1.86 bits per heavy atom. The zero-order valence-corrected chi connectivity index (χ0v) is 15.1. The molecule has 0 aliphatic heterocycles. The van der Waals surface area contributed by atoms with Crippen LogP contribution >= 0.6 is 0 Å². The summed E-state index contributed by atoms with van der Waals surface area (Å²) >= 11 is 0. The molecule has 28 heavy (non-hydrogen) atoms. The standard InChI is InChI=1S/C20H19F3N4O/c1-3-14-5-4-6-17(11-14)27-18(28)13-26-19(24-2)25-12-15-7-9-16(10-8-15)20(21,22)23/h1,4-11H,12-13H2,2H3,(H,27,28)(H2,24,25,26). The predicted molar refractivity (Wildman–Crippen MR) is 103 cm³/mol. The molecule has 0 radical (unpaired) electrons. The molecule has 0 fully saturated rings. The van der Waals surface area contributed by atoms with E-state index in [0.29, 0.717) is 22.8 Å². The largest absolute Gasteiger partial charge is 0.416 e. The van der Waals surface area contributed by atoms with E-state index in [1.54, 1.807) is 24.3 Å². The summed E-state index contributed by atoms with van der Waals surface area (Å²) in [5.74, 6) is 2.53. The summed E-state index contributed by atoms with van der Waals surface area (Å²) in [4.78, 5) is 16.0. The van der Waals surface area contributed by atoms with E-state index in [0.717, 1.165) is 12.1 Å². The second-order valence-corrected chi connectivity index (χ2v) is 5.75. The number of rotatable bonds is 5. The van der Waals surface area contributed by atoms with Crippen molar-refractivity contribution in [2.45, 2.75) is 12.7 Å². The third-order valence-corrected chi connectivity index (χ3v) is 3.69. The molecule has 2 rings (SSSR count). The maximum Gasteiger partial charge on any atom is 0.416 e.